The quantitative estimate of drug-likeness (QED) is 0.563. The first-order valence-electron chi connectivity index (χ1n) is 6.35. The molecule has 3 aromatic rings. The van der Waals surface area contributed by atoms with E-state index in [0.29, 0.717) is 20.6 Å². The summed E-state index contributed by atoms with van der Waals surface area (Å²) in [5, 5.41) is 0. The zero-order valence-corrected chi connectivity index (χ0v) is 14.9. The Balaban J connectivity index is 2.17. The molecule has 1 aromatic heterocycles. The Morgan fingerprint density at radius 3 is 2.62 bits per heavy atom. The predicted octanol–water partition coefficient (Wildman–Crippen LogP) is 4.73. The van der Waals surface area contributed by atoms with E-state index in [4.69, 9.17) is 5.73 Å². The normalized spacial score (nSPS) is 12.8. The highest BCUT2D eigenvalue weighted by molar-refractivity contribution is 14.1. The van der Waals surface area contributed by atoms with E-state index >= 15 is 0 Å². The Morgan fingerprint density at radius 1 is 1.29 bits per heavy atom. The predicted molar refractivity (Wildman–Crippen MR) is 94.8 cm³/mol. The van der Waals surface area contributed by atoms with Gasteiger partial charge in [0, 0.05) is 10.5 Å². The van der Waals surface area contributed by atoms with Gasteiger partial charge in [-0.2, -0.15) is 0 Å². The highest BCUT2D eigenvalue weighted by atomic mass is 127. The van der Waals surface area contributed by atoms with Crippen molar-refractivity contribution in [1.82, 2.24) is 9.55 Å². The Morgan fingerprint density at radius 2 is 1.95 bits per heavy atom. The van der Waals surface area contributed by atoms with Gasteiger partial charge >= 0.3 is 0 Å². The molecule has 0 bridgehead atoms. The fraction of sp³-hybridized carbons (Fsp3) is 0.133. The number of hydrogen-bond acceptors (Lipinski definition) is 2. The summed E-state index contributed by atoms with van der Waals surface area (Å²) in [5.74, 6) is 0.133. The molecule has 0 saturated heterocycles. The standard InChI is InChI=1S/C15H12BrFIN3/c1-8(9-2-4-10(16)5-3-9)21-14-6-11(17)12(18)7-13(14)20-15(21)19/h2-8H,1H3,(H2,19,20). The Kier molecular flexibility index (Phi) is 3.92. The first-order chi connectivity index (χ1) is 9.97. The number of fused-ring (bicyclic) bond motifs is 1. The number of nitrogens with two attached hydrogens (primary N) is 1. The average molecular weight is 460 g/mol. The fourth-order valence-electron chi connectivity index (χ4n) is 2.41. The van der Waals surface area contributed by atoms with Crippen LogP contribution in [0.3, 0.4) is 0 Å². The summed E-state index contributed by atoms with van der Waals surface area (Å²) in [5.41, 5.74) is 8.55. The summed E-state index contributed by atoms with van der Waals surface area (Å²) in [6.07, 6.45) is 0. The number of imidazole rings is 1. The second-order valence-electron chi connectivity index (χ2n) is 4.82. The number of rotatable bonds is 2. The summed E-state index contributed by atoms with van der Waals surface area (Å²) in [7, 11) is 0. The van der Waals surface area contributed by atoms with Crippen LogP contribution in [-0.4, -0.2) is 9.55 Å². The van der Waals surface area contributed by atoms with Crippen LogP contribution in [0.5, 0.6) is 0 Å². The van der Waals surface area contributed by atoms with Crippen molar-refractivity contribution in [2.24, 2.45) is 0 Å². The van der Waals surface area contributed by atoms with E-state index < -0.39 is 0 Å². The zero-order chi connectivity index (χ0) is 15.1. The molecule has 0 radical (unpaired) electrons. The lowest BCUT2D eigenvalue weighted by Crippen LogP contribution is -2.10. The summed E-state index contributed by atoms with van der Waals surface area (Å²) in [6.45, 7) is 2.02. The van der Waals surface area contributed by atoms with Crippen molar-refractivity contribution in [1.29, 1.82) is 0 Å². The van der Waals surface area contributed by atoms with Crippen LogP contribution in [0, 0.1) is 9.39 Å². The molecule has 0 fully saturated rings. The van der Waals surface area contributed by atoms with Gasteiger partial charge in [-0.3, -0.25) is 0 Å². The minimum atomic E-state index is -0.257. The lowest BCUT2D eigenvalue weighted by molar-refractivity contribution is 0.618. The van der Waals surface area contributed by atoms with Crippen LogP contribution in [-0.2, 0) is 0 Å². The van der Waals surface area contributed by atoms with E-state index in [9.17, 15) is 4.39 Å². The van der Waals surface area contributed by atoms with Crippen LogP contribution in [0.15, 0.2) is 40.9 Å². The lowest BCUT2D eigenvalue weighted by Gasteiger charge is -2.16. The molecule has 2 aromatic carbocycles. The molecule has 1 heterocycles. The Labute approximate surface area is 143 Å². The Bertz CT molecular complexity index is 814. The van der Waals surface area contributed by atoms with Crippen molar-refractivity contribution >= 4 is 55.5 Å². The summed E-state index contributed by atoms with van der Waals surface area (Å²) in [6, 6.07) is 11.2. The maximum atomic E-state index is 13.9. The van der Waals surface area contributed by atoms with E-state index in [1.165, 1.54) is 6.07 Å². The van der Waals surface area contributed by atoms with Crippen molar-refractivity contribution in [3.63, 3.8) is 0 Å². The molecular formula is C15H12BrFIN3. The monoisotopic (exact) mass is 459 g/mol. The maximum Gasteiger partial charge on any atom is 0.201 e. The number of hydrogen-bond donors (Lipinski definition) is 1. The molecule has 21 heavy (non-hydrogen) atoms. The van der Waals surface area contributed by atoms with Gasteiger partial charge in [-0.05, 0) is 53.3 Å². The van der Waals surface area contributed by atoms with Gasteiger partial charge in [-0.15, -0.1) is 0 Å². The summed E-state index contributed by atoms with van der Waals surface area (Å²) >= 11 is 5.38. The molecule has 1 unspecified atom stereocenters. The molecule has 6 heteroatoms. The van der Waals surface area contributed by atoms with E-state index in [-0.39, 0.29) is 11.9 Å². The Hall–Kier alpha value is -1.15. The molecule has 3 nitrogen and oxygen atoms in total. The van der Waals surface area contributed by atoms with Crippen LogP contribution < -0.4 is 5.73 Å². The average Bonchev–Trinajstić information content (AvgIpc) is 2.75. The van der Waals surface area contributed by atoms with Gasteiger partial charge in [0.15, 0.2) is 0 Å². The van der Waals surface area contributed by atoms with E-state index in [1.54, 1.807) is 6.07 Å². The van der Waals surface area contributed by atoms with E-state index in [2.05, 4.69) is 20.9 Å². The van der Waals surface area contributed by atoms with Crippen molar-refractivity contribution in [3.05, 3.63) is 55.8 Å². The van der Waals surface area contributed by atoms with Gasteiger partial charge < -0.3 is 10.3 Å². The topological polar surface area (TPSA) is 43.8 Å². The van der Waals surface area contributed by atoms with Crippen LogP contribution >= 0.6 is 38.5 Å². The lowest BCUT2D eigenvalue weighted by atomic mass is 10.1. The largest absolute Gasteiger partial charge is 0.369 e. The van der Waals surface area contributed by atoms with Gasteiger partial charge in [-0.1, -0.05) is 28.1 Å². The molecule has 2 N–H and O–H groups in total. The second-order valence-corrected chi connectivity index (χ2v) is 6.90. The number of nitrogen functional groups attached to an aromatic ring is 1. The fourth-order valence-corrected chi connectivity index (χ4v) is 3.12. The highest BCUT2D eigenvalue weighted by Crippen LogP contribution is 2.29. The van der Waals surface area contributed by atoms with Crippen molar-refractivity contribution in [2.45, 2.75) is 13.0 Å². The van der Waals surface area contributed by atoms with Crippen molar-refractivity contribution in [3.8, 4) is 0 Å². The van der Waals surface area contributed by atoms with Crippen LogP contribution in [0.2, 0.25) is 0 Å². The first-order valence-corrected chi connectivity index (χ1v) is 8.22. The molecule has 1 atom stereocenters. The summed E-state index contributed by atoms with van der Waals surface area (Å²) in [4.78, 5) is 4.34. The third-order valence-electron chi connectivity index (χ3n) is 3.50. The van der Waals surface area contributed by atoms with Crippen molar-refractivity contribution in [2.75, 3.05) is 5.73 Å². The minimum absolute atomic E-state index is 0.0254. The molecule has 0 aliphatic heterocycles. The van der Waals surface area contributed by atoms with Crippen LogP contribution in [0.25, 0.3) is 11.0 Å². The summed E-state index contributed by atoms with van der Waals surface area (Å²) < 4.78 is 17.3. The first kappa shape index (κ1) is 14.8. The molecule has 0 spiro atoms. The molecule has 0 amide bonds. The smallest absolute Gasteiger partial charge is 0.201 e. The van der Waals surface area contributed by atoms with Crippen LogP contribution in [0.1, 0.15) is 18.5 Å². The van der Waals surface area contributed by atoms with Crippen LogP contribution in [0.4, 0.5) is 10.3 Å². The third kappa shape index (κ3) is 2.66. The van der Waals surface area contributed by atoms with E-state index in [0.717, 1.165) is 10.0 Å². The number of halogens is 3. The molecule has 3 rings (SSSR count). The van der Waals surface area contributed by atoms with Crippen molar-refractivity contribution < 1.29 is 4.39 Å². The second kappa shape index (κ2) is 5.57. The minimum Gasteiger partial charge on any atom is -0.369 e. The number of nitrogens with zero attached hydrogens (tertiary/aromatic N) is 2. The van der Waals surface area contributed by atoms with Gasteiger partial charge in [0.1, 0.15) is 5.82 Å². The van der Waals surface area contributed by atoms with Gasteiger partial charge in [0.05, 0.1) is 20.6 Å². The van der Waals surface area contributed by atoms with Gasteiger partial charge in [-0.25, -0.2) is 9.37 Å². The number of anilines is 1. The number of aromatic nitrogens is 2. The van der Waals surface area contributed by atoms with E-state index in [1.807, 2.05) is 58.3 Å². The zero-order valence-electron chi connectivity index (χ0n) is 11.1. The molecule has 0 saturated carbocycles. The number of benzene rings is 2. The molecule has 108 valence electrons. The van der Waals surface area contributed by atoms with Gasteiger partial charge in [0.2, 0.25) is 5.95 Å². The SMILES string of the molecule is CC(c1ccc(Br)cc1)n1c(N)nc2cc(I)c(F)cc21. The molecule has 0 aliphatic rings. The van der Waals surface area contributed by atoms with Gasteiger partial charge in [0.25, 0.3) is 0 Å². The highest BCUT2D eigenvalue weighted by Gasteiger charge is 2.17. The maximum absolute atomic E-state index is 13.9. The molecule has 0 aliphatic carbocycles. The molecular weight excluding hydrogens is 448 g/mol. The third-order valence-corrected chi connectivity index (χ3v) is 4.85.